The molecule has 0 aliphatic rings. The number of hydrogen-bond acceptors (Lipinski definition) is 6. The predicted molar refractivity (Wildman–Crippen MR) is 89.7 cm³/mol. The Morgan fingerprint density at radius 1 is 0.727 bits per heavy atom. The molecule has 4 aromatic rings. The molecule has 4 aromatic heterocycles. The van der Waals surface area contributed by atoms with Gasteiger partial charge in [-0.15, -0.1) is 22.7 Å². The minimum Gasteiger partial charge on any atom is -0.255 e. The van der Waals surface area contributed by atoms with Gasteiger partial charge in [0.2, 0.25) is 0 Å². The SMILES string of the molecule is c1ccc(-c2ccc(-c3cnc(-c4nccs4)s3)cn2)nc1. The van der Waals surface area contributed by atoms with Crippen molar-refractivity contribution < 1.29 is 0 Å². The van der Waals surface area contributed by atoms with Crippen molar-refractivity contribution in [3.05, 3.63) is 60.5 Å². The third-order valence-corrected chi connectivity index (χ3v) is 5.06. The summed E-state index contributed by atoms with van der Waals surface area (Å²) in [6.45, 7) is 0. The first kappa shape index (κ1) is 13.2. The van der Waals surface area contributed by atoms with Crippen LogP contribution in [0.25, 0.3) is 31.8 Å². The van der Waals surface area contributed by atoms with Crippen molar-refractivity contribution in [2.24, 2.45) is 0 Å². The van der Waals surface area contributed by atoms with Crippen molar-refractivity contribution in [1.82, 2.24) is 19.9 Å². The van der Waals surface area contributed by atoms with E-state index in [1.165, 1.54) is 0 Å². The van der Waals surface area contributed by atoms with E-state index in [-0.39, 0.29) is 0 Å². The molecule has 0 radical (unpaired) electrons. The monoisotopic (exact) mass is 322 g/mol. The van der Waals surface area contributed by atoms with Crippen molar-refractivity contribution in [2.45, 2.75) is 0 Å². The molecule has 0 N–H and O–H groups in total. The van der Waals surface area contributed by atoms with Gasteiger partial charge in [-0.1, -0.05) is 6.07 Å². The maximum atomic E-state index is 4.50. The summed E-state index contributed by atoms with van der Waals surface area (Å²) < 4.78 is 0. The second-order valence-electron chi connectivity index (χ2n) is 4.51. The summed E-state index contributed by atoms with van der Waals surface area (Å²) in [6.07, 6.45) is 7.31. The highest BCUT2D eigenvalue weighted by Gasteiger charge is 2.09. The van der Waals surface area contributed by atoms with E-state index in [4.69, 9.17) is 0 Å². The Bertz CT molecular complexity index is 868. The Kier molecular flexibility index (Phi) is 3.46. The lowest BCUT2D eigenvalue weighted by Crippen LogP contribution is -1.86. The van der Waals surface area contributed by atoms with E-state index in [0.29, 0.717) is 0 Å². The fraction of sp³-hybridized carbons (Fsp3) is 0. The lowest BCUT2D eigenvalue weighted by molar-refractivity contribution is 1.25. The molecule has 0 aliphatic carbocycles. The van der Waals surface area contributed by atoms with Crippen molar-refractivity contribution in [3.8, 4) is 31.8 Å². The van der Waals surface area contributed by atoms with Gasteiger partial charge in [0, 0.05) is 35.7 Å². The van der Waals surface area contributed by atoms with E-state index < -0.39 is 0 Å². The Hall–Kier alpha value is -2.44. The highest BCUT2D eigenvalue weighted by Crippen LogP contribution is 2.32. The van der Waals surface area contributed by atoms with Crippen LogP contribution in [0.3, 0.4) is 0 Å². The Morgan fingerprint density at radius 3 is 2.41 bits per heavy atom. The van der Waals surface area contributed by atoms with Crippen LogP contribution in [0.4, 0.5) is 0 Å². The highest BCUT2D eigenvalue weighted by atomic mass is 32.1. The summed E-state index contributed by atoms with van der Waals surface area (Å²) in [6, 6.07) is 9.85. The second kappa shape index (κ2) is 5.75. The van der Waals surface area contributed by atoms with Crippen LogP contribution < -0.4 is 0 Å². The number of hydrogen-bond donors (Lipinski definition) is 0. The molecule has 4 rings (SSSR count). The summed E-state index contributed by atoms with van der Waals surface area (Å²) in [5.41, 5.74) is 2.80. The number of nitrogens with zero attached hydrogens (tertiary/aromatic N) is 4. The number of rotatable bonds is 3. The van der Waals surface area contributed by atoms with E-state index in [1.54, 1.807) is 35.1 Å². The van der Waals surface area contributed by atoms with Crippen LogP contribution >= 0.6 is 22.7 Å². The van der Waals surface area contributed by atoms with Gasteiger partial charge in [-0.2, -0.15) is 0 Å². The molecule has 106 valence electrons. The number of pyridine rings is 2. The van der Waals surface area contributed by atoms with Gasteiger partial charge in [-0.3, -0.25) is 9.97 Å². The molecular weight excluding hydrogens is 312 g/mol. The molecular formula is C16H10N4S2. The molecule has 0 atom stereocenters. The molecule has 0 amide bonds. The molecule has 0 bridgehead atoms. The maximum absolute atomic E-state index is 4.50. The van der Waals surface area contributed by atoms with E-state index >= 15 is 0 Å². The normalized spacial score (nSPS) is 10.7. The molecule has 4 nitrogen and oxygen atoms in total. The van der Waals surface area contributed by atoms with Crippen molar-refractivity contribution in [1.29, 1.82) is 0 Å². The Labute approximate surface area is 135 Å². The summed E-state index contributed by atoms with van der Waals surface area (Å²) in [5, 5.41) is 3.85. The van der Waals surface area contributed by atoms with Crippen LogP contribution in [0.5, 0.6) is 0 Å². The first-order valence-electron chi connectivity index (χ1n) is 6.64. The zero-order valence-electron chi connectivity index (χ0n) is 11.4. The van der Waals surface area contributed by atoms with Gasteiger partial charge in [-0.25, -0.2) is 9.97 Å². The summed E-state index contributed by atoms with van der Waals surface area (Å²) in [7, 11) is 0. The van der Waals surface area contributed by atoms with Crippen LogP contribution in [0.2, 0.25) is 0 Å². The zero-order chi connectivity index (χ0) is 14.8. The van der Waals surface area contributed by atoms with E-state index in [2.05, 4.69) is 26.0 Å². The van der Waals surface area contributed by atoms with Gasteiger partial charge in [-0.05, 0) is 24.3 Å². The summed E-state index contributed by atoms with van der Waals surface area (Å²) in [5.74, 6) is 0. The Balaban J connectivity index is 1.64. The van der Waals surface area contributed by atoms with Crippen LogP contribution in [0.15, 0.2) is 60.5 Å². The van der Waals surface area contributed by atoms with E-state index in [9.17, 15) is 0 Å². The average molecular weight is 322 g/mol. The lowest BCUT2D eigenvalue weighted by atomic mass is 10.2. The minimum absolute atomic E-state index is 0.869. The van der Waals surface area contributed by atoms with E-state index in [0.717, 1.165) is 31.8 Å². The molecule has 0 fully saturated rings. The molecule has 22 heavy (non-hydrogen) atoms. The van der Waals surface area contributed by atoms with Gasteiger partial charge >= 0.3 is 0 Å². The number of thiazole rings is 2. The Morgan fingerprint density at radius 2 is 1.68 bits per heavy atom. The molecule has 0 unspecified atom stereocenters. The molecule has 6 heteroatoms. The van der Waals surface area contributed by atoms with Crippen LogP contribution in [0.1, 0.15) is 0 Å². The quantitative estimate of drug-likeness (QED) is 0.561. The summed E-state index contributed by atoms with van der Waals surface area (Å²) in [4.78, 5) is 18.6. The highest BCUT2D eigenvalue weighted by molar-refractivity contribution is 7.22. The van der Waals surface area contributed by atoms with Crippen molar-refractivity contribution in [2.75, 3.05) is 0 Å². The van der Waals surface area contributed by atoms with Gasteiger partial charge in [0.25, 0.3) is 0 Å². The first-order valence-corrected chi connectivity index (χ1v) is 8.33. The molecule has 0 spiro atoms. The van der Waals surface area contributed by atoms with Gasteiger partial charge in [0.15, 0.2) is 10.0 Å². The van der Waals surface area contributed by atoms with Gasteiger partial charge < -0.3 is 0 Å². The summed E-state index contributed by atoms with van der Waals surface area (Å²) >= 11 is 3.22. The van der Waals surface area contributed by atoms with Gasteiger partial charge in [0.05, 0.1) is 16.3 Å². The second-order valence-corrected chi connectivity index (χ2v) is 6.44. The molecule has 0 aliphatic heterocycles. The lowest BCUT2D eigenvalue weighted by Gasteiger charge is -2.00. The molecule has 0 saturated heterocycles. The first-order chi connectivity index (χ1) is 10.9. The third kappa shape index (κ3) is 2.54. The fourth-order valence-electron chi connectivity index (χ4n) is 2.04. The fourth-order valence-corrected chi connectivity index (χ4v) is 3.63. The largest absolute Gasteiger partial charge is 0.255 e. The smallest absolute Gasteiger partial charge is 0.152 e. The number of aromatic nitrogens is 4. The minimum atomic E-state index is 0.869. The van der Waals surface area contributed by atoms with Gasteiger partial charge in [0.1, 0.15) is 0 Å². The molecule has 4 heterocycles. The standard InChI is InChI=1S/C16H10N4S2/c1-2-6-17-12(3-1)13-5-4-11(9-19-13)14-10-20-16(22-14)15-18-7-8-21-15/h1-10H. The third-order valence-electron chi connectivity index (χ3n) is 3.10. The maximum Gasteiger partial charge on any atom is 0.152 e. The van der Waals surface area contributed by atoms with Crippen LogP contribution in [-0.4, -0.2) is 19.9 Å². The average Bonchev–Trinajstić information content (AvgIpc) is 3.27. The van der Waals surface area contributed by atoms with Crippen LogP contribution in [-0.2, 0) is 0 Å². The zero-order valence-corrected chi connectivity index (χ0v) is 13.0. The molecule has 0 aromatic carbocycles. The van der Waals surface area contributed by atoms with Crippen LogP contribution in [0, 0.1) is 0 Å². The van der Waals surface area contributed by atoms with Crippen molar-refractivity contribution in [3.63, 3.8) is 0 Å². The van der Waals surface area contributed by atoms with E-state index in [1.807, 2.05) is 42.0 Å². The predicted octanol–water partition coefficient (Wildman–Crippen LogP) is 4.39. The topological polar surface area (TPSA) is 51.6 Å². The molecule has 0 saturated carbocycles. The van der Waals surface area contributed by atoms with Crippen molar-refractivity contribution >= 4 is 22.7 Å².